The van der Waals surface area contributed by atoms with Gasteiger partial charge in [0.15, 0.2) is 5.69 Å². The van der Waals surface area contributed by atoms with E-state index in [9.17, 15) is 13.2 Å². The molecule has 1 aliphatic heterocycles. The van der Waals surface area contributed by atoms with Crippen LogP contribution in [0.25, 0.3) is 0 Å². The summed E-state index contributed by atoms with van der Waals surface area (Å²) in [6, 6.07) is 2.55. The van der Waals surface area contributed by atoms with Gasteiger partial charge >= 0.3 is 6.18 Å². The minimum atomic E-state index is -4.42. The highest BCUT2D eigenvalue weighted by molar-refractivity contribution is 7.99. The van der Waals surface area contributed by atoms with E-state index in [0.717, 1.165) is 24.0 Å². The third-order valence-electron chi connectivity index (χ3n) is 2.24. The van der Waals surface area contributed by atoms with Gasteiger partial charge in [0.05, 0.1) is 0 Å². The average Bonchev–Trinajstić information content (AvgIpc) is 2.70. The van der Waals surface area contributed by atoms with Crippen molar-refractivity contribution in [3.8, 4) is 0 Å². The van der Waals surface area contributed by atoms with Crippen LogP contribution in [-0.2, 0) is 6.18 Å². The molecule has 0 bridgehead atoms. The van der Waals surface area contributed by atoms with Crippen LogP contribution in [0.1, 0.15) is 12.1 Å². The van der Waals surface area contributed by atoms with Gasteiger partial charge in [0.1, 0.15) is 5.82 Å². The molecule has 2 rings (SSSR count). The van der Waals surface area contributed by atoms with E-state index in [-0.39, 0.29) is 6.04 Å². The molecule has 0 aliphatic carbocycles. The van der Waals surface area contributed by atoms with Crippen molar-refractivity contribution in [2.45, 2.75) is 18.6 Å². The molecule has 0 spiro atoms. The van der Waals surface area contributed by atoms with Gasteiger partial charge in [0.25, 0.3) is 0 Å². The minimum Gasteiger partial charge on any atom is -0.365 e. The van der Waals surface area contributed by atoms with E-state index in [1.807, 2.05) is 11.8 Å². The fourth-order valence-corrected chi connectivity index (χ4v) is 2.57. The van der Waals surface area contributed by atoms with Crippen molar-refractivity contribution in [1.82, 2.24) is 10.2 Å². The van der Waals surface area contributed by atoms with Crippen molar-refractivity contribution < 1.29 is 13.2 Å². The first kappa shape index (κ1) is 11.5. The summed E-state index contributed by atoms with van der Waals surface area (Å²) < 4.78 is 36.6. The number of anilines is 1. The molecule has 0 radical (unpaired) electrons. The first-order chi connectivity index (χ1) is 7.55. The highest BCUT2D eigenvalue weighted by atomic mass is 32.2. The zero-order chi connectivity index (χ0) is 11.6. The van der Waals surface area contributed by atoms with Crippen molar-refractivity contribution in [2.24, 2.45) is 0 Å². The third kappa shape index (κ3) is 2.78. The highest BCUT2D eigenvalue weighted by Gasteiger charge is 2.32. The van der Waals surface area contributed by atoms with Crippen molar-refractivity contribution >= 4 is 17.6 Å². The molecule has 1 N–H and O–H groups in total. The molecule has 1 atom stereocenters. The van der Waals surface area contributed by atoms with Gasteiger partial charge in [0.2, 0.25) is 0 Å². The van der Waals surface area contributed by atoms with Gasteiger partial charge in [-0.15, -0.1) is 10.2 Å². The number of nitrogens with one attached hydrogen (secondary N) is 1. The van der Waals surface area contributed by atoms with Crippen LogP contribution in [0.5, 0.6) is 0 Å². The fraction of sp³-hybridized carbons (Fsp3) is 0.556. The van der Waals surface area contributed by atoms with Gasteiger partial charge < -0.3 is 5.32 Å². The quantitative estimate of drug-likeness (QED) is 0.873. The zero-order valence-electron chi connectivity index (χ0n) is 8.29. The maximum Gasteiger partial charge on any atom is 0.435 e. The SMILES string of the molecule is FC(F)(F)c1ccc(NC2CCSC2)nn1. The lowest BCUT2D eigenvalue weighted by atomic mass is 10.2. The molecule has 1 aromatic rings. The Morgan fingerprint density at radius 2 is 2.12 bits per heavy atom. The van der Waals surface area contributed by atoms with Crippen LogP contribution in [0.3, 0.4) is 0 Å². The Morgan fingerprint density at radius 1 is 1.31 bits per heavy atom. The Bertz CT molecular complexity index is 346. The summed E-state index contributed by atoms with van der Waals surface area (Å²) in [5.74, 6) is 2.44. The standard InChI is InChI=1S/C9H10F3N3S/c10-9(11,12)7-1-2-8(15-14-7)13-6-3-4-16-5-6/h1-2,6H,3-5H2,(H,13,15). The molecule has 16 heavy (non-hydrogen) atoms. The summed E-state index contributed by atoms with van der Waals surface area (Å²) >= 11 is 1.82. The monoisotopic (exact) mass is 249 g/mol. The Hall–Kier alpha value is -0.980. The lowest BCUT2D eigenvalue weighted by Crippen LogP contribution is -2.19. The average molecular weight is 249 g/mol. The van der Waals surface area contributed by atoms with Crippen molar-refractivity contribution in [3.63, 3.8) is 0 Å². The van der Waals surface area contributed by atoms with E-state index < -0.39 is 11.9 Å². The molecular formula is C9H10F3N3S. The Morgan fingerprint density at radius 3 is 2.62 bits per heavy atom. The molecule has 0 amide bonds. The molecule has 7 heteroatoms. The van der Waals surface area contributed by atoms with E-state index in [1.165, 1.54) is 6.07 Å². The Balaban J connectivity index is 2.01. The van der Waals surface area contributed by atoms with E-state index in [4.69, 9.17) is 0 Å². The molecule has 0 aromatic carbocycles. The lowest BCUT2D eigenvalue weighted by molar-refractivity contribution is -0.141. The molecule has 1 fully saturated rings. The summed E-state index contributed by atoms with van der Waals surface area (Å²) in [6.07, 6.45) is -3.41. The second-order valence-electron chi connectivity index (χ2n) is 3.51. The van der Waals surface area contributed by atoms with Gasteiger partial charge in [-0.2, -0.15) is 24.9 Å². The Kier molecular flexibility index (Phi) is 3.22. The van der Waals surface area contributed by atoms with Crippen molar-refractivity contribution in [3.05, 3.63) is 17.8 Å². The van der Waals surface area contributed by atoms with E-state index >= 15 is 0 Å². The largest absolute Gasteiger partial charge is 0.435 e. The summed E-state index contributed by atoms with van der Waals surface area (Å²) in [5.41, 5.74) is -0.959. The minimum absolute atomic E-state index is 0.288. The number of nitrogens with zero attached hydrogens (tertiary/aromatic N) is 2. The van der Waals surface area contributed by atoms with Gasteiger partial charge in [-0.1, -0.05) is 0 Å². The van der Waals surface area contributed by atoms with Crippen molar-refractivity contribution in [2.75, 3.05) is 16.8 Å². The van der Waals surface area contributed by atoms with E-state index in [1.54, 1.807) is 0 Å². The van der Waals surface area contributed by atoms with Crippen LogP contribution in [0.15, 0.2) is 12.1 Å². The molecule has 88 valence electrons. The first-order valence-corrected chi connectivity index (χ1v) is 5.96. The molecule has 3 nitrogen and oxygen atoms in total. The lowest BCUT2D eigenvalue weighted by Gasteiger charge is -2.11. The van der Waals surface area contributed by atoms with Crippen LogP contribution >= 0.6 is 11.8 Å². The number of thioether (sulfide) groups is 1. The smallest absolute Gasteiger partial charge is 0.365 e. The number of hydrogen-bond donors (Lipinski definition) is 1. The molecular weight excluding hydrogens is 239 g/mol. The number of aromatic nitrogens is 2. The number of rotatable bonds is 2. The van der Waals surface area contributed by atoms with Crippen molar-refractivity contribution in [1.29, 1.82) is 0 Å². The van der Waals surface area contributed by atoms with Gasteiger partial charge in [0, 0.05) is 11.8 Å². The summed E-state index contributed by atoms with van der Waals surface area (Å²) in [7, 11) is 0. The van der Waals surface area contributed by atoms with Crippen LogP contribution < -0.4 is 5.32 Å². The topological polar surface area (TPSA) is 37.8 Å². The predicted molar refractivity (Wildman–Crippen MR) is 56.4 cm³/mol. The Labute approximate surface area is 94.8 Å². The fourth-order valence-electron chi connectivity index (χ4n) is 1.42. The third-order valence-corrected chi connectivity index (χ3v) is 3.40. The highest BCUT2D eigenvalue weighted by Crippen LogP contribution is 2.27. The number of halogens is 3. The van der Waals surface area contributed by atoms with Crippen LogP contribution in [0, 0.1) is 0 Å². The molecule has 1 aliphatic rings. The molecule has 2 heterocycles. The van der Waals surface area contributed by atoms with E-state index in [0.29, 0.717) is 5.82 Å². The predicted octanol–water partition coefficient (Wildman–Crippen LogP) is 2.41. The summed E-state index contributed by atoms with van der Waals surface area (Å²) in [5, 5.41) is 9.72. The number of hydrogen-bond acceptors (Lipinski definition) is 4. The molecule has 1 aromatic heterocycles. The molecule has 0 saturated carbocycles. The summed E-state index contributed by atoms with van der Waals surface area (Å²) in [4.78, 5) is 0. The van der Waals surface area contributed by atoms with Gasteiger partial charge in [-0.3, -0.25) is 0 Å². The summed E-state index contributed by atoms with van der Waals surface area (Å²) in [6.45, 7) is 0. The second kappa shape index (κ2) is 4.48. The first-order valence-electron chi connectivity index (χ1n) is 4.81. The number of alkyl halides is 3. The normalized spacial score (nSPS) is 21.1. The van der Waals surface area contributed by atoms with Gasteiger partial charge in [-0.05, 0) is 24.3 Å². The van der Waals surface area contributed by atoms with Crippen LogP contribution in [0.4, 0.5) is 19.0 Å². The van der Waals surface area contributed by atoms with E-state index in [2.05, 4.69) is 15.5 Å². The van der Waals surface area contributed by atoms with Crippen LogP contribution in [0.2, 0.25) is 0 Å². The molecule has 1 unspecified atom stereocenters. The zero-order valence-corrected chi connectivity index (χ0v) is 9.11. The second-order valence-corrected chi connectivity index (χ2v) is 4.66. The maximum atomic E-state index is 12.2. The molecule has 1 saturated heterocycles. The van der Waals surface area contributed by atoms with Gasteiger partial charge in [-0.25, -0.2) is 0 Å². The maximum absolute atomic E-state index is 12.2. The van der Waals surface area contributed by atoms with Crippen LogP contribution in [-0.4, -0.2) is 27.7 Å².